The van der Waals surface area contributed by atoms with Crippen molar-refractivity contribution in [1.29, 1.82) is 0 Å². The second-order valence-corrected chi connectivity index (χ2v) is 9.05. The molecule has 2 fully saturated rings. The van der Waals surface area contributed by atoms with E-state index in [9.17, 15) is 14.7 Å². The third-order valence-corrected chi connectivity index (χ3v) is 6.69. The van der Waals surface area contributed by atoms with Gasteiger partial charge in [0.05, 0.1) is 17.3 Å². The van der Waals surface area contributed by atoms with E-state index in [4.69, 9.17) is 16.3 Å². The molecule has 0 bridgehead atoms. The summed E-state index contributed by atoms with van der Waals surface area (Å²) in [5.74, 6) is -0.844. The van der Waals surface area contributed by atoms with Gasteiger partial charge in [-0.3, -0.25) is 14.9 Å². The molecule has 0 radical (unpaired) electrons. The number of thioether (sulfide) groups is 1. The molecule has 1 heterocycles. The molecule has 148 valence electrons. The molecule has 5 unspecified atom stereocenters. The molecule has 0 spiro atoms. The van der Waals surface area contributed by atoms with E-state index in [1.807, 2.05) is 13.2 Å². The fourth-order valence-corrected chi connectivity index (χ4v) is 5.04. The Morgan fingerprint density at radius 2 is 2.12 bits per heavy atom. The minimum absolute atomic E-state index is 0.0575. The summed E-state index contributed by atoms with van der Waals surface area (Å²) in [7, 11) is 0. The van der Waals surface area contributed by atoms with Gasteiger partial charge in [0.2, 0.25) is 11.8 Å². The van der Waals surface area contributed by atoms with E-state index < -0.39 is 17.1 Å². The lowest BCUT2D eigenvalue weighted by Crippen LogP contribution is -2.53. The highest BCUT2D eigenvalue weighted by molar-refractivity contribution is 7.98. The Morgan fingerprint density at radius 1 is 1.42 bits per heavy atom. The molecule has 2 aliphatic rings. The largest absolute Gasteiger partial charge is 0.389 e. The third kappa shape index (κ3) is 4.83. The Labute approximate surface area is 165 Å². The molecule has 0 aromatic carbocycles. The minimum Gasteiger partial charge on any atom is -0.389 e. The summed E-state index contributed by atoms with van der Waals surface area (Å²) in [5.41, 5.74) is -0.0600. The van der Waals surface area contributed by atoms with Gasteiger partial charge in [-0.2, -0.15) is 11.8 Å². The molecule has 0 aromatic rings. The number of allylic oxidation sites excluding steroid dienone is 1. The summed E-state index contributed by atoms with van der Waals surface area (Å²) in [6, 6.07) is 0. The minimum atomic E-state index is -0.860. The van der Waals surface area contributed by atoms with Crippen molar-refractivity contribution in [2.24, 2.45) is 11.8 Å². The number of halogens is 1. The highest BCUT2D eigenvalue weighted by Gasteiger charge is 2.63. The van der Waals surface area contributed by atoms with Crippen molar-refractivity contribution in [3.8, 4) is 0 Å². The first-order valence-electron chi connectivity index (χ1n) is 9.08. The normalized spacial score (nSPS) is 36.3. The van der Waals surface area contributed by atoms with Gasteiger partial charge >= 0.3 is 0 Å². The molecule has 2 N–H and O–H groups in total. The van der Waals surface area contributed by atoms with Crippen LogP contribution in [0.1, 0.15) is 46.5 Å². The zero-order valence-corrected chi connectivity index (χ0v) is 17.6. The maximum atomic E-state index is 12.4. The quantitative estimate of drug-likeness (QED) is 0.388. The van der Waals surface area contributed by atoms with Crippen molar-refractivity contribution < 1.29 is 19.4 Å². The number of aliphatic hydroxyl groups is 1. The van der Waals surface area contributed by atoms with Crippen LogP contribution in [0, 0.1) is 11.8 Å². The van der Waals surface area contributed by atoms with Gasteiger partial charge in [0.1, 0.15) is 5.88 Å². The summed E-state index contributed by atoms with van der Waals surface area (Å²) >= 11 is 7.09. The molecule has 26 heavy (non-hydrogen) atoms. The zero-order chi connectivity index (χ0) is 19.5. The summed E-state index contributed by atoms with van der Waals surface area (Å²) in [5, 5.41) is 13.6. The summed E-state index contributed by atoms with van der Waals surface area (Å²) in [4.78, 5) is 23.8. The Balaban J connectivity index is 2.14. The van der Waals surface area contributed by atoms with Crippen LogP contribution >= 0.6 is 23.4 Å². The van der Waals surface area contributed by atoms with Crippen LogP contribution in [0.25, 0.3) is 0 Å². The molecule has 0 aromatic heterocycles. The third-order valence-electron chi connectivity index (χ3n) is 5.65. The SMILES string of the molecule is CSCC1(O)CCC(C(=O)NC(=O)CCl)CC1C1(C)OC1CC=C(C)C. The van der Waals surface area contributed by atoms with Crippen LogP contribution in [-0.4, -0.2) is 52.1 Å². The Morgan fingerprint density at radius 3 is 2.69 bits per heavy atom. The number of rotatable bonds is 7. The predicted molar refractivity (Wildman–Crippen MR) is 105 cm³/mol. The van der Waals surface area contributed by atoms with E-state index >= 15 is 0 Å². The zero-order valence-electron chi connectivity index (χ0n) is 16.0. The number of hydrogen-bond acceptors (Lipinski definition) is 5. The molecule has 5 atom stereocenters. The maximum absolute atomic E-state index is 12.4. The van der Waals surface area contributed by atoms with Crippen LogP contribution in [0.3, 0.4) is 0 Å². The van der Waals surface area contributed by atoms with Crippen molar-refractivity contribution in [2.75, 3.05) is 17.9 Å². The van der Waals surface area contributed by atoms with Gasteiger partial charge in [0.15, 0.2) is 0 Å². The van der Waals surface area contributed by atoms with Gasteiger partial charge in [-0.05, 0) is 52.7 Å². The van der Waals surface area contributed by atoms with Crippen LogP contribution in [0.5, 0.6) is 0 Å². The fraction of sp³-hybridized carbons (Fsp3) is 0.789. The van der Waals surface area contributed by atoms with Crippen molar-refractivity contribution in [3.05, 3.63) is 11.6 Å². The number of epoxide rings is 1. The Bertz CT molecular complexity index is 580. The highest BCUT2D eigenvalue weighted by Crippen LogP contribution is 2.55. The van der Waals surface area contributed by atoms with Crippen LogP contribution in [-0.2, 0) is 14.3 Å². The molecule has 1 saturated carbocycles. The van der Waals surface area contributed by atoms with Crippen molar-refractivity contribution in [2.45, 2.75) is 63.8 Å². The Hall–Kier alpha value is -0.560. The number of amides is 2. The molecule has 5 nitrogen and oxygen atoms in total. The Kier molecular flexibility index (Phi) is 7.22. The number of carbonyl (C=O) groups is 2. The van der Waals surface area contributed by atoms with Gasteiger partial charge in [0.25, 0.3) is 0 Å². The van der Waals surface area contributed by atoms with E-state index in [0.29, 0.717) is 25.0 Å². The topological polar surface area (TPSA) is 78.9 Å². The molecule has 1 aliphatic carbocycles. The van der Waals surface area contributed by atoms with Gasteiger partial charge in [0, 0.05) is 17.6 Å². The highest BCUT2D eigenvalue weighted by atomic mass is 35.5. The summed E-state index contributed by atoms with van der Waals surface area (Å²) < 4.78 is 6.03. The molecular weight excluding hydrogens is 374 g/mol. The van der Waals surface area contributed by atoms with Gasteiger partial charge < -0.3 is 9.84 Å². The number of carbonyl (C=O) groups excluding carboxylic acids is 2. The van der Waals surface area contributed by atoms with Crippen molar-refractivity contribution in [3.63, 3.8) is 0 Å². The molecule has 2 amide bonds. The smallest absolute Gasteiger partial charge is 0.241 e. The van der Waals surface area contributed by atoms with Gasteiger partial charge in [-0.25, -0.2) is 0 Å². The molecule has 1 aliphatic heterocycles. The van der Waals surface area contributed by atoms with Crippen molar-refractivity contribution >= 4 is 35.2 Å². The first kappa shape index (κ1) is 21.7. The molecule has 7 heteroatoms. The lowest BCUT2D eigenvalue weighted by atomic mass is 9.65. The van der Waals surface area contributed by atoms with Crippen LogP contribution in [0.4, 0.5) is 0 Å². The monoisotopic (exact) mass is 403 g/mol. The van der Waals surface area contributed by atoms with E-state index in [1.165, 1.54) is 5.57 Å². The lowest BCUT2D eigenvalue weighted by Gasteiger charge is -2.44. The van der Waals surface area contributed by atoms with E-state index in [0.717, 1.165) is 6.42 Å². The van der Waals surface area contributed by atoms with Gasteiger partial charge in [-0.15, -0.1) is 11.6 Å². The van der Waals surface area contributed by atoms with E-state index in [1.54, 1.807) is 11.8 Å². The molecular formula is C19H30ClNO4S. The molecule has 2 rings (SSSR count). The standard InChI is InChI=1S/C19H30ClNO4S/c1-12(2)5-6-15-18(3,25-15)14-9-13(17(23)21-16(22)10-20)7-8-19(14,24)11-26-4/h5,13-15,24H,6-11H2,1-4H3,(H,21,22,23). The first-order valence-corrected chi connectivity index (χ1v) is 11.0. The number of imide groups is 1. The molecule has 1 saturated heterocycles. The number of alkyl halides is 1. The fourth-order valence-electron chi connectivity index (χ4n) is 4.13. The summed E-state index contributed by atoms with van der Waals surface area (Å²) in [6.45, 7) is 6.15. The second kappa shape index (κ2) is 8.63. The van der Waals surface area contributed by atoms with Crippen LogP contribution in [0.2, 0.25) is 0 Å². The number of ether oxygens (including phenoxy) is 1. The van der Waals surface area contributed by atoms with E-state index in [2.05, 4.69) is 25.2 Å². The van der Waals surface area contributed by atoms with Gasteiger partial charge in [-0.1, -0.05) is 11.6 Å². The van der Waals surface area contributed by atoms with Crippen molar-refractivity contribution in [1.82, 2.24) is 5.32 Å². The van der Waals surface area contributed by atoms with Crippen LogP contribution in [0.15, 0.2) is 11.6 Å². The van der Waals surface area contributed by atoms with E-state index in [-0.39, 0.29) is 29.7 Å². The average molecular weight is 404 g/mol. The average Bonchev–Trinajstić information content (AvgIpc) is 3.24. The lowest BCUT2D eigenvalue weighted by molar-refractivity contribution is -0.136. The number of nitrogens with one attached hydrogen (secondary N) is 1. The first-order chi connectivity index (χ1) is 12.2. The predicted octanol–water partition coefficient (Wildman–Crippen LogP) is 2.89. The maximum Gasteiger partial charge on any atom is 0.241 e. The summed E-state index contributed by atoms with van der Waals surface area (Å²) in [6.07, 6.45) is 6.59. The number of hydrogen-bond donors (Lipinski definition) is 2. The van der Waals surface area contributed by atoms with Crippen LogP contribution < -0.4 is 5.32 Å². The second-order valence-electron chi connectivity index (χ2n) is 7.91.